The lowest BCUT2D eigenvalue weighted by atomic mass is 9.75. The van der Waals surface area contributed by atoms with Gasteiger partial charge in [-0.25, -0.2) is 0 Å². The molecule has 3 nitrogen and oxygen atoms in total. The number of anilines is 1. The third-order valence-corrected chi connectivity index (χ3v) is 4.27. The molecule has 0 saturated heterocycles. The van der Waals surface area contributed by atoms with Gasteiger partial charge >= 0.3 is 0 Å². The topological polar surface area (TPSA) is 42.2 Å². The lowest BCUT2D eigenvalue weighted by molar-refractivity contribution is 0.222. The van der Waals surface area contributed by atoms with Crippen molar-refractivity contribution in [2.45, 2.75) is 52.1 Å². The van der Waals surface area contributed by atoms with Crippen molar-refractivity contribution in [1.29, 1.82) is 0 Å². The van der Waals surface area contributed by atoms with E-state index in [1.807, 2.05) is 6.20 Å². The summed E-state index contributed by atoms with van der Waals surface area (Å²) < 4.78 is 0. The Morgan fingerprint density at radius 3 is 2.67 bits per heavy atom. The number of nitrogens with two attached hydrogens (primary N) is 1. The van der Waals surface area contributed by atoms with Crippen LogP contribution in [0.2, 0.25) is 0 Å². The van der Waals surface area contributed by atoms with Gasteiger partial charge in [0, 0.05) is 31.5 Å². The third-order valence-electron chi connectivity index (χ3n) is 4.27. The molecule has 3 heteroatoms. The molecule has 0 spiro atoms. The smallest absolute Gasteiger partial charge is 0.0560 e. The van der Waals surface area contributed by atoms with Crippen molar-refractivity contribution in [3.8, 4) is 0 Å². The molecule has 1 heterocycles. The minimum atomic E-state index is 0.513. The van der Waals surface area contributed by atoms with E-state index in [0.717, 1.165) is 5.69 Å². The molecule has 0 aromatic carbocycles. The Morgan fingerprint density at radius 2 is 2.06 bits per heavy atom. The van der Waals surface area contributed by atoms with Crippen molar-refractivity contribution >= 4 is 5.69 Å². The van der Waals surface area contributed by atoms with Gasteiger partial charge in [0.1, 0.15) is 0 Å². The Balaban J connectivity index is 2.05. The van der Waals surface area contributed by atoms with Gasteiger partial charge < -0.3 is 10.6 Å². The largest absolute Gasteiger partial charge is 0.372 e. The van der Waals surface area contributed by atoms with E-state index in [1.165, 1.54) is 31.4 Å². The Kier molecular flexibility index (Phi) is 3.91. The molecule has 1 saturated carbocycles. The Hall–Kier alpha value is -1.09. The first-order valence-electron chi connectivity index (χ1n) is 6.90. The number of hydrogen-bond acceptors (Lipinski definition) is 3. The van der Waals surface area contributed by atoms with Gasteiger partial charge in [0.15, 0.2) is 0 Å². The zero-order valence-electron chi connectivity index (χ0n) is 11.8. The summed E-state index contributed by atoms with van der Waals surface area (Å²) in [6.45, 7) is 5.27. The molecule has 0 radical (unpaired) electrons. The maximum Gasteiger partial charge on any atom is 0.0560 e. The van der Waals surface area contributed by atoms with E-state index >= 15 is 0 Å². The van der Waals surface area contributed by atoms with Gasteiger partial charge in [-0.1, -0.05) is 13.8 Å². The van der Waals surface area contributed by atoms with Crippen LogP contribution in [0, 0.1) is 5.41 Å². The number of aromatic nitrogens is 1. The zero-order chi connectivity index (χ0) is 13.2. The van der Waals surface area contributed by atoms with Gasteiger partial charge in [-0.3, -0.25) is 4.98 Å². The van der Waals surface area contributed by atoms with Crippen LogP contribution in [0.4, 0.5) is 5.69 Å². The zero-order valence-corrected chi connectivity index (χ0v) is 11.8. The molecular formula is C15H25N3. The van der Waals surface area contributed by atoms with Crippen LogP contribution in [0.15, 0.2) is 18.3 Å². The summed E-state index contributed by atoms with van der Waals surface area (Å²) in [4.78, 5) is 6.66. The van der Waals surface area contributed by atoms with Gasteiger partial charge in [0.25, 0.3) is 0 Å². The van der Waals surface area contributed by atoms with Crippen LogP contribution >= 0.6 is 0 Å². The average molecular weight is 247 g/mol. The summed E-state index contributed by atoms with van der Waals surface area (Å²) >= 11 is 0. The molecule has 18 heavy (non-hydrogen) atoms. The Labute approximate surface area is 110 Å². The first-order chi connectivity index (χ1) is 8.52. The molecule has 0 aliphatic heterocycles. The van der Waals surface area contributed by atoms with Gasteiger partial charge in [-0.2, -0.15) is 0 Å². The number of pyridine rings is 1. The Morgan fingerprint density at radius 1 is 1.39 bits per heavy atom. The molecular weight excluding hydrogens is 222 g/mol. The van der Waals surface area contributed by atoms with Crippen molar-refractivity contribution in [3.05, 3.63) is 24.0 Å². The van der Waals surface area contributed by atoms with Crippen molar-refractivity contribution in [1.82, 2.24) is 4.98 Å². The highest BCUT2D eigenvalue weighted by molar-refractivity contribution is 5.46. The molecule has 1 aliphatic carbocycles. The molecule has 1 fully saturated rings. The quantitative estimate of drug-likeness (QED) is 0.893. The monoisotopic (exact) mass is 247 g/mol. The third kappa shape index (κ3) is 3.02. The van der Waals surface area contributed by atoms with Crippen LogP contribution in [0.3, 0.4) is 0 Å². The molecule has 2 N–H and O–H groups in total. The van der Waals surface area contributed by atoms with E-state index in [2.05, 4.69) is 42.9 Å². The second kappa shape index (κ2) is 5.27. The van der Waals surface area contributed by atoms with Gasteiger partial charge in [0.2, 0.25) is 0 Å². The van der Waals surface area contributed by atoms with Crippen LogP contribution in [0.25, 0.3) is 0 Å². The second-order valence-corrected chi connectivity index (χ2v) is 6.22. The van der Waals surface area contributed by atoms with Crippen LogP contribution in [-0.2, 0) is 6.54 Å². The highest BCUT2D eigenvalue weighted by Crippen LogP contribution is 2.37. The molecule has 0 unspecified atom stereocenters. The maximum atomic E-state index is 5.65. The van der Waals surface area contributed by atoms with E-state index in [4.69, 9.17) is 5.73 Å². The molecule has 1 aromatic rings. The fourth-order valence-corrected chi connectivity index (χ4v) is 2.78. The van der Waals surface area contributed by atoms with E-state index in [-0.39, 0.29) is 0 Å². The fourth-order valence-electron chi connectivity index (χ4n) is 2.78. The highest BCUT2D eigenvalue weighted by atomic mass is 15.1. The second-order valence-electron chi connectivity index (χ2n) is 6.22. The van der Waals surface area contributed by atoms with Crippen molar-refractivity contribution < 1.29 is 0 Å². The summed E-state index contributed by atoms with van der Waals surface area (Å²) in [7, 11) is 2.19. The molecule has 0 bridgehead atoms. The maximum absolute atomic E-state index is 5.65. The van der Waals surface area contributed by atoms with Gasteiger partial charge in [-0.15, -0.1) is 0 Å². The predicted octanol–water partition coefficient (Wildman–Crippen LogP) is 2.95. The summed E-state index contributed by atoms with van der Waals surface area (Å²) in [6.07, 6.45) is 7.06. The van der Waals surface area contributed by atoms with E-state index in [1.54, 1.807) is 0 Å². The summed E-state index contributed by atoms with van der Waals surface area (Å²) in [6, 6.07) is 4.85. The summed E-state index contributed by atoms with van der Waals surface area (Å²) in [5, 5.41) is 0. The molecule has 1 aromatic heterocycles. The molecule has 0 atom stereocenters. The minimum Gasteiger partial charge on any atom is -0.372 e. The van der Waals surface area contributed by atoms with E-state index in [0.29, 0.717) is 18.0 Å². The SMILES string of the molecule is CN(c1ccnc(CN)c1)C1CCC(C)(C)CC1. The molecule has 100 valence electrons. The number of nitrogens with zero attached hydrogens (tertiary/aromatic N) is 2. The highest BCUT2D eigenvalue weighted by Gasteiger charge is 2.28. The minimum absolute atomic E-state index is 0.513. The lowest BCUT2D eigenvalue weighted by Crippen LogP contribution is -2.37. The Bertz CT molecular complexity index is 390. The first-order valence-corrected chi connectivity index (χ1v) is 6.90. The van der Waals surface area contributed by atoms with Gasteiger partial charge in [-0.05, 0) is 43.2 Å². The number of rotatable bonds is 3. The average Bonchev–Trinajstić information content (AvgIpc) is 2.38. The summed E-state index contributed by atoms with van der Waals surface area (Å²) in [5.41, 5.74) is 8.39. The lowest BCUT2D eigenvalue weighted by Gasteiger charge is -2.39. The van der Waals surface area contributed by atoms with E-state index < -0.39 is 0 Å². The van der Waals surface area contributed by atoms with Crippen molar-refractivity contribution in [3.63, 3.8) is 0 Å². The molecule has 2 rings (SSSR count). The normalized spacial score (nSPS) is 19.8. The van der Waals surface area contributed by atoms with Crippen molar-refractivity contribution in [2.24, 2.45) is 11.1 Å². The molecule has 0 amide bonds. The van der Waals surface area contributed by atoms with Crippen LogP contribution in [-0.4, -0.2) is 18.1 Å². The fraction of sp³-hybridized carbons (Fsp3) is 0.667. The standard InChI is InChI=1S/C15H25N3/c1-15(2)7-4-13(5-8-15)18(3)14-6-9-17-12(10-14)11-16/h6,9-10,13H,4-5,7-8,11,16H2,1-3H3. The van der Waals surface area contributed by atoms with Crippen LogP contribution in [0.5, 0.6) is 0 Å². The number of hydrogen-bond donors (Lipinski definition) is 1. The van der Waals surface area contributed by atoms with Gasteiger partial charge in [0.05, 0.1) is 5.69 Å². The van der Waals surface area contributed by atoms with Crippen molar-refractivity contribution in [2.75, 3.05) is 11.9 Å². The van der Waals surface area contributed by atoms with E-state index in [9.17, 15) is 0 Å². The predicted molar refractivity (Wildman–Crippen MR) is 76.6 cm³/mol. The first kappa shape index (κ1) is 13.3. The van der Waals surface area contributed by atoms with Crippen LogP contribution in [0.1, 0.15) is 45.2 Å². The van der Waals surface area contributed by atoms with Crippen LogP contribution < -0.4 is 10.6 Å². The summed E-state index contributed by atoms with van der Waals surface area (Å²) in [5.74, 6) is 0. The molecule has 1 aliphatic rings.